The normalized spacial score (nSPS) is 10.7. The molecule has 0 atom stereocenters. The fourth-order valence-corrected chi connectivity index (χ4v) is 3.25. The maximum Gasteiger partial charge on any atom is 0.324 e. The summed E-state index contributed by atoms with van der Waals surface area (Å²) in [6, 6.07) is 8.71. The van der Waals surface area contributed by atoms with Gasteiger partial charge >= 0.3 is 6.03 Å². The maximum atomic E-state index is 12.4. The lowest BCUT2D eigenvalue weighted by molar-refractivity contribution is 0.262. The Bertz CT molecular complexity index is 1200. The first kappa shape index (κ1) is 28.8. The summed E-state index contributed by atoms with van der Waals surface area (Å²) in [6.45, 7) is 16.3. The molecule has 0 saturated heterocycles. The van der Waals surface area contributed by atoms with Crippen molar-refractivity contribution in [2.45, 2.75) is 47.0 Å². The van der Waals surface area contributed by atoms with Crippen LogP contribution in [0.1, 0.15) is 58.4 Å². The number of hydrogen-bond acceptors (Lipinski definition) is 5. The van der Waals surface area contributed by atoms with Gasteiger partial charge in [0.25, 0.3) is 0 Å². The second-order valence-electron chi connectivity index (χ2n) is 9.05. The smallest absolute Gasteiger partial charge is 0.308 e. The second kappa shape index (κ2) is 13.6. The molecular weight excluding hydrogens is 474 g/mol. The molecule has 0 unspecified atom stereocenters. The zero-order chi connectivity index (χ0) is 26.7. The molecule has 3 rings (SSSR count). The molecule has 8 nitrogen and oxygen atoms in total. The SMILES string of the molecule is CCN(CC)CC.Cn1nc(C(C)(C)C)cc1NC(=O)Nc1cccc(C#Cc2cncnc2Cl)c1. The molecule has 9 heteroatoms. The predicted molar refractivity (Wildman–Crippen MR) is 147 cm³/mol. The van der Waals surface area contributed by atoms with E-state index in [-0.39, 0.29) is 11.4 Å². The minimum absolute atomic E-state index is 0.103. The van der Waals surface area contributed by atoms with Gasteiger partial charge in [-0.1, -0.05) is 71.1 Å². The molecule has 1 aromatic carbocycles. The summed E-state index contributed by atoms with van der Waals surface area (Å²) in [7, 11) is 1.79. The lowest BCUT2D eigenvalue weighted by Crippen LogP contribution is -2.21. The number of aromatic nitrogens is 4. The molecule has 0 aliphatic carbocycles. The Morgan fingerprint density at radius 1 is 1.08 bits per heavy atom. The van der Waals surface area contributed by atoms with E-state index in [1.165, 1.54) is 26.0 Å². The third-order valence-corrected chi connectivity index (χ3v) is 5.66. The van der Waals surface area contributed by atoms with E-state index in [0.29, 0.717) is 22.2 Å². The van der Waals surface area contributed by atoms with Crippen molar-refractivity contribution in [1.29, 1.82) is 0 Å². The standard InChI is InChI=1S/C21H21ClN6O.C6H15N/c1-21(2,3)17-11-18(28(4)27-17)26-20(29)25-16-7-5-6-14(10-16)8-9-15-12-23-13-24-19(15)22;1-4-7(5-2)6-3/h5-7,10-13H,1-4H3,(H2,25,26,29);4-6H2,1-3H3. The van der Waals surface area contributed by atoms with E-state index in [4.69, 9.17) is 11.6 Å². The fourth-order valence-electron chi connectivity index (χ4n) is 3.11. The molecule has 2 aromatic heterocycles. The van der Waals surface area contributed by atoms with Gasteiger partial charge in [0, 0.05) is 36.0 Å². The van der Waals surface area contributed by atoms with E-state index >= 15 is 0 Å². The number of anilines is 2. The van der Waals surface area contributed by atoms with Gasteiger partial charge in [-0.2, -0.15) is 5.10 Å². The number of benzene rings is 1. The number of aryl methyl sites for hydroxylation is 1. The van der Waals surface area contributed by atoms with Crippen molar-refractivity contribution in [3.63, 3.8) is 0 Å². The van der Waals surface area contributed by atoms with Crippen LogP contribution in [0.15, 0.2) is 42.9 Å². The van der Waals surface area contributed by atoms with Crippen LogP contribution in [0.3, 0.4) is 0 Å². The topological polar surface area (TPSA) is 88.0 Å². The van der Waals surface area contributed by atoms with Crippen LogP contribution in [-0.2, 0) is 12.5 Å². The summed E-state index contributed by atoms with van der Waals surface area (Å²) in [4.78, 5) is 22.6. The van der Waals surface area contributed by atoms with Gasteiger partial charge in [-0.25, -0.2) is 14.8 Å². The Balaban J connectivity index is 0.000000572. The van der Waals surface area contributed by atoms with Gasteiger partial charge in [-0.3, -0.25) is 10.00 Å². The molecule has 2 amide bonds. The summed E-state index contributed by atoms with van der Waals surface area (Å²) in [5, 5.41) is 10.4. The molecule has 0 bridgehead atoms. The molecular formula is C27H36ClN7O. The molecule has 0 fully saturated rings. The van der Waals surface area contributed by atoms with Gasteiger partial charge in [0.15, 0.2) is 0 Å². The number of carbonyl (C=O) groups is 1. The van der Waals surface area contributed by atoms with Crippen LogP contribution in [0.2, 0.25) is 5.15 Å². The van der Waals surface area contributed by atoms with Gasteiger partial charge in [-0.15, -0.1) is 0 Å². The highest BCUT2D eigenvalue weighted by Gasteiger charge is 2.19. The van der Waals surface area contributed by atoms with Crippen molar-refractivity contribution in [3.05, 3.63) is 64.8 Å². The lowest BCUT2D eigenvalue weighted by atomic mass is 9.92. The van der Waals surface area contributed by atoms with Crippen LogP contribution in [0.25, 0.3) is 0 Å². The van der Waals surface area contributed by atoms with Crippen molar-refractivity contribution in [3.8, 4) is 11.8 Å². The Morgan fingerprint density at radius 2 is 1.78 bits per heavy atom. The highest BCUT2D eigenvalue weighted by atomic mass is 35.5. The fraction of sp³-hybridized carbons (Fsp3) is 0.407. The molecule has 0 aliphatic rings. The van der Waals surface area contributed by atoms with E-state index in [1.807, 2.05) is 18.2 Å². The zero-order valence-corrected chi connectivity index (χ0v) is 22.9. The van der Waals surface area contributed by atoms with E-state index < -0.39 is 0 Å². The molecule has 0 spiro atoms. The Morgan fingerprint density at radius 3 is 2.33 bits per heavy atom. The van der Waals surface area contributed by atoms with Crippen LogP contribution in [0.5, 0.6) is 0 Å². The van der Waals surface area contributed by atoms with Gasteiger partial charge < -0.3 is 10.2 Å². The minimum atomic E-state index is -0.363. The molecule has 36 heavy (non-hydrogen) atoms. The van der Waals surface area contributed by atoms with E-state index in [1.54, 1.807) is 30.1 Å². The Kier molecular flexibility index (Phi) is 10.9. The number of carbonyl (C=O) groups excluding carboxylic acids is 1. The van der Waals surface area contributed by atoms with Crippen LogP contribution in [0, 0.1) is 11.8 Å². The first-order valence-corrected chi connectivity index (χ1v) is 12.4. The predicted octanol–water partition coefficient (Wildman–Crippen LogP) is 5.55. The number of hydrogen-bond donors (Lipinski definition) is 2. The average molecular weight is 510 g/mol. The van der Waals surface area contributed by atoms with Gasteiger partial charge in [0.1, 0.15) is 17.3 Å². The van der Waals surface area contributed by atoms with E-state index in [9.17, 15) is 4.79 Å². The third-order valence-electron chi connectivity index (χ3n) is 5.36. The van der Waals surface area contributed by atoms with Crippen LogP contribution < -0.4 is 10.6 Å². The number of rotatable bonds is 5. The van der Waals surface area contributed by atoms with Crippen molar-refractivity contribution in [2.24, 2.45) is 7.05 Å². The summed E-state index contributed by atoms with van der Waals surface area (Å²) in [6.07, 6.45) is 2.92. The van der Waals surface area contributed by atoms with Gasteiger partial charge in [0.05, 0.1) is 11.3 Å². The number of halogens is 1. The highest BCUT2D eigenvalue weighted by molar-refractivity contribution is 6.30. The molecule has 192 valence electrons. The zero-order valence-electron chi connectivity index (χ0n) is 22.2. The van der Waals surface area contributed by atoms with Crippen LogP contribution in [-0.4, -0.2) is 50.3 Å². The average Bonchev–Trinajstić information content (AvgIpc) is 3.21. The summed E-state index contributed by atoms with van der Waals surface area (Å²) < 4.78 is 1.65. The number of nitrogens with one attached hydrogen (secondary N) is 2. The van der Waals surface area contributed by atoms with Crippen molar-refractivity contribution < 1.29 is 4.79 Å². The van der Waals surface area contributed by atoms with E-state index in [2.05, 4.69) is 84.0 Å². The summed E-state index contributed by atoms with van der Waals surface area (Å²) in [5.74, 6) is 6.53. The minimum Gasteiger partial charge on any atom is -0.308 e. The van der Waals surface area contributed by atoms with Crippen molar-refractivity contribution in [2.75, 3.05) is 30.3 Å². The molecule has 0 aliphatic heterocycles. The van der Waals surface area contributed by atoms with Crippen LogP contribution in [0.4, 0.5) is 16.3 Å². The largest absolute Gasteiger partial charge is 0.324 e. The van der Waals surface area contributed by atoms with Crippen LogP contribution >= 0.6 is 11.6 Å². The summed E-state index contributed by atoms with van der Waals surface area (Å²) >= 11 is 5.98. The molecule has 3 aromatic rings. The first-order chi connectivity index (χ1) is 17.1. The monoisotopic (exact) mass is 509 g/mol. The number of amides is 2. The number of nitrogens with zero attached hydrogens (tertiary/aromatic N) is 5. The lowest BCUT2D eigenvalue weighted by Gasteiger charge is -2.13. The van der Waals surface area contributed by atoms with Gasteiger partial charge in [0.2, 0.25) is 0 Å². The van der Waals surface area contributed by atoms with Crippen molar-refractivity contribution in [1.82, 2.24) is 24.6 Å². The molecule has 0 radical (unpaired) electrons. The first-order valence-electron chi connectivity index (χ1n) is 12.0. The Hall–Kier alpha value is -3.41. The molecule has 2 heterocycles. The third kappa shape index (κ3) is 8.99. The highest BCUT2D eigenvalue weighted by Crippen LogP contribution is 2.23. The second-order valence-corrected chi connectivity index (χ2v) is 9.40. The summed E-state index contributed by atoms with van der Waals surface area (Å²) in [5.41, 5.74) is 2.67. The van der Waals surface area contributed by atoms with Gasteiger partial charge in [-0.05, 0) is 37.8 Å². The quantitative estimate of drug-likeness (QED) is 0.347. The number of urea groups is 1. The molecule has 0 saturated carbocycles. The maximum absolute atomic E-state index is 12.4. The van der Waals surface area contributed by atoms with Crippen molar-refractivity contribution >= 4 is 29.1 Å². The molecule has 2 N–H and O–H groups in total. The Labute approximate surface area is 219 Å². The van der Waals surface area contributed by atoms with E-state index in [0.717, 1.165) is 11.3 Å².